The van der Waals surface area contributed by atoms with Gasteiger partial charge in [0.2, 0.25) is 6.54 Å². The summed E-state index contributed by atoms with van der Waals surface area (Å²) in [7, 11) is 0. The molecule has 92 valence electrons. The zero-order valence-corrected chi connectivity index (χ0v) is 8.53. The Hall–Kier alpha value is -1.92. The minimum Gasteiger partial charge on any atom is -0.303 e. The third-order valence-corrected chi connectivity index (χ3v) is 2.23. The fourth-order valence-electron chi connectivity index (χ4n) is 1.45. The first kappa shape index (κ1) is 13.1. The maximum absolute atomic E-state index is 13.3. The summed E-state index contributed by atoms with van der Waals surface area (Å²) in [5.41, 5.74) is -0.368. The first-order valence-corrected chi connectivity index (χ1v) is 4.65. The van der Waals surface area contributed by atoms with Crippen LogP contribution >= 0.6 is 0 Å². The monoisotopic (exact) mass is 247 g/mol. The summed E-state index contributed by atoms with van der Waals surface area (Å²) >= 11 is 0. The van der Waals surface area contributed by atoms with Crippen molar-refractivity contribution in [2.45, 2.75) is 12.3 Å². The van der Waals surface area contributed by atoms with E-state index in [2.05, 4.69) is 0 Å². The van der Waals surface area contributed by atoms with E-state index in [1.807, 2.05) is 0 Å². The van der Waals surface area contributed by atoms with E-state index < -0.39 is 34.8 Å². The summed E-state index contributed by atoms with van der Waals surface area (Å²) in [5, 5.41) is 10.3. The smallest absolute Gasteiger partial charge is 0.211 e. The minimum absolute atomic E-state index is 0.308. The Morgan fingerprint density at radius 1 is 1.24 bits per heavy atom. The number of benzene rings is 1. The van der Waals surface area contributed by atoms with Crippen LogP contribution in [0.4, 0.5) is 13.2 Å². The molecule has 1 unspecified atom stereocenters. The molecule has 0 fully saturated rings. The largest absolute Gasteiger partial charge is 0.303 e. The normalized spacial score (nSPS) is 12.2. The molecule has 0 saturated carbocycles. The predicted octanol–water partition coefficient (Wildman–Crippen LogP) is 2.05. The van der Waals surface area contributed by atoms with Gasteiger partial charge in [0.1, 0.15) is 12.1 Å². The molecule has 0 amide bonds. The van der Waals surface area contributed by atoms with Crippen molar-refractivity contribution in [3.05, 3.63) is 45.3 Å². The lowest BCUT2D eigenvalue weighted by molar-refractivity contribution is -0.483. The average Bonchev–Trinajstić information content (AvgIpc) is 2.22. The highest BCUT2D eigenvalue weighted by molar-refractivity contribution is 5.51. The molecular weight excluding hydrogens is 239 g/mol. The van der Waals surface area contributed by atoms with Crippen LogP contribution in [0.2, 0.25) is 0 Å². The Morgan fingerprint density at radius 3 is 2.35 bits per heavy atom. The van der Waals surface area contributed by atoms with Crippen LogP contribution in [0.25, 0.3) is 0 Å². The molecule has 0 aliphatic carbocycles. The molecule has 0 heterocycles. The van der Waals surface area contributed by atoms with E-state index in [-0.39, 0.29) is 12.0 Å². The van der Waals surface area contributed by atoms with Crippen molar-refractivity contribution >= 4 is 6.29 Å². The predicted molar refractivity (Wildman–Crippen MR) is 51.6 cm³/mol. The number of carbonyl (C=O) groups is 1. The van der Waals surface area contributed by atoms with Crippen LogP contribution in [0.3, 0.4) is 0 Å². The summed E-state index contributed by atoms with van der Waals surface area (Å²) in [6, 6.07) is 0.852. The first-order chi connectivity index (χ1) is 7.95. The minimum atomic E-state index is -1.38. The van der Waals surface area contributed by atoms with Gasteiger partial charge in [-0.05, 0) is 6.07 Å². The number of rotatable bonds is 5. The third kappa shape index (κ3) is 3.27. The Labute approximate surface area is 94.2 Å². The van der Waals surface area contributed by atoms with E-state index in [1.165, 1.54) is 0 Å². The van der Waals surface area contributed by atoms with Crippen LogP contribution in [-0.2, 0) is 4.79 Å². The first-order valence-electron chi connectivity index (χ1n) is 4.65. The summed E-state index contributed by atoms with van der Waals surface area (Å²) in [4.78, 5) is 19.9. The van der Waals surface area contributed by atoms with Gasteiger partial charge in [0.15, 0.2) is 11.6 Å². The van der Waals surface area contributed by atoms with Crippen LogP contribution in [-0.4, -0.2) is 17.8 Å². The molecule has 1 aromatic carbocycles. The van der Waals surface area contributed by atoms with Crippen molar-refractivity contribution < 1.29 is 22.9 Å². The molecule has 0 saturated heterocycles. The maximum atomic E-state index is 13.3. The number of halogens is 3. The summed E-state index contributed by atoms with van der Waals surface area (Å²) in [6.45, 7) is -0.721. The van der Waals surface area contributed by atoms with E-state index in [0.29, 0.717) is 18.4 Å². The fraction of sp³-hybridized carbons (Fsp3) is 0.300. The Balaban J connectivity index is 3.12. The second kappa shape index (κ2) is 5.42. The molecule has 17 heavy (non-hydrogen) atoms. The lowest BCUT2D eigenvalue weighted by Crippen LogP contribution is -2.15. The van der Waals surface area contributed by atoms with Crippen molar-refractivity contribution in [3.8, 4) is 0 Å². The topological polar surface area (TPSA) is 60.2 Å². The van der Waals surface area contributed by atoms with Crippen LogP contribution in [0.5, 0.6) is 0 Å². The molecule has 0 radical (unpaired) electrons. The highest BCUT2D eigenvalue weighted by atomic mass is 19.2. The molecule has 7 heteroatoms. The van der Waals surface area contributed by atoms with Gasteiger partial charge in [-0.1, -0.05) is 0 Å². The van der Waals surface area contributed by atoms with Crippen molar-refractivity contribution in [1.82, 2.24) is 0 Å². The van der Waals surface area contributed by atoms with Gasteiger partial charge in [-0.15, -0.1) is 0 Å². The summed E-state index contributed by atoms with van der Waals surface area (Å²) in [6.07, 6.45) is 0.0395. The molecule has 0 aromatic heterocycles. The molecule has 1 aromatic rings. The third-order valence-electron chi connectivity index (χ3n) is 2.23. The number of hydrogen-bond donors (Lipinski definition) is 0. The van der Waals surface area contributed by atoms with Crippen LogP contribution in [0, 0.1) is 27.6 Å². The molecule has 4 nitrogen and oxygen atoms in total. The molecular formula is C10H8F3NO3. The number of nitrogens with zero attached hydrogens (tertiary/aromatic N) is 1. The Morgan fingerprint density at radius 2 is 1.82 bits per heavy atom. The molecule has 0 aliphatic rings. The lowest BCUT2D eigenvalue weighted by atomic mass is 9.95. The van der Waals surface area contributed by atoms with Gasteiger partial charge >= 0.3 is 0 Å². The van der Waals surface area contributed by atoms with Gasteiger partial charge in [0, 0.05) is 23.0 Å². The summed E-state index contributed by atoms with van der Waals surface area (Å²) in [5.74, 6) is -4.88. The van der Waals surface area contributed by atoms with Crippen LogP contribution in [0.1, 0.15) is 17.9 Å². The number of carbonyl (C=O) groups excluding carboxylic acids is 1. The van der Waals surface area contributed by atoms with Gasteiger partial charge in [-0.3, -0.25) is 10.1 Å². The van der Waals surface area contributed by atoms with Crippen molar-refractivity contribution in [2.75, 3.05) is 6.54 Å². The van der Waals surface area contributed by atoms with E-state index in [1.54, 1.807) is 0 Å². The highest BCUT2D eigenvalue weighted by Crippen LogP contribution is 2.24. The molecule has 0 aliphatic heterocycles. The lowest BCUT2D eigenvalue weighted by Gasteiger charge is -2.11. The van der Waals surface area contributed by atoms with Crippen molar-refractivity contribution in [1.29, 1.82) is 0 Å². The fourth-order valence-corrected chi connectivity index (χ4v) is 1.45. The maximum Gasteiger partial charge on any atom is 0.211 e. The molecule has 0 bridgehead atoms. The van der Waals surface area contributed by atoms with Gasteiger partial charge in [0.05, 0.1) is 5.92 Å². The second-order valence-electron chi connectivity index (χ2n) is 3.40. The zero-order valence-electron chi connectivity index (χ0n) is 8.53. The molecule has 1 rings (SSSR count). The van der Waals surface area contributed by atoms with E-state index in [9.17, 15) is 28.1 Å². The Bertz CT molecular complexity index is 451. The quantitative estimate of drug-likeness (QED) is 0.346. The second-order valence-corrected chi connectivity index (χ2v) is 3.40. The number of nitro groups is 1. The zero-order chi connectivity index (χ0) is 13.0. The van der Waals surface area contributed by atoms with Crippen molar-refractivity contribution in [3.63, 3.8) is 0 Å². The van der Waals surface area contributed by atoms with Crippen LogP contribution in [0.15, 0.2) is 12.1 Å². The highest BCUT2D eigenvalue weighted by Gasteiger charge is 2.23. The van der Waals surface area contributed by atoms with E-state index in [0.717, 1.165) is 0 Å². The summed E-state index contributed by atoms with van der Waals surface area (Å²) < 4.78 is 38.9. The van der Waals surface area contributed by atoms with E-state index >= 15 is 0 Å². The number of hydrogen-bond acceptors (Lipinski definition) is 3. The average molecular weight is 247 g/mol. The van der Waals surface area contributed by atoms with Gasteiger partial charge in [0.25, 0.3) is 0 Å². The standard InChI is InChI=1S/C10H8F3NO3/c11-8-4-10(13)9(12)3-7(8)6(1-2-15)5-14(16)17/h2-4,6H,1,5H2. The van der Waals surface area contributed by atoms with Crippen molar-refractivity contribution in [2.24, 2.45) is 0 Å². The molecule has 1 atom stereocenters. The van der Waals surface area contributed by atoms with Gasteiger partial charge in [-0.25, -0.2) is 13.2 Å². The van der Waals surface area contributed by atoms with Gasteiger partial charge < -0.3 is 4.79 Å². The van der Waals surface area contributed by atoms with E-state index in [4.69, 9.17) is 0 Å². The van der Waals surface area contributed by atoms with Gasteiger partial charge in [-0.2, -0.15) is 0 Å². The molecule has 0 spiro atoms. The SMILES string of the molecule is O=CCC(C[N+](=O)[O-])c1cc(F)c(F)cc1F. The number of aldehydes is 1. The van der Waals surface area contributed by atoms with Crippen LogP contribution < -0.4 is 0 Å². The molecule has 0 N–H and O–H groups in total. The Kier molecular flexibility index (Phi) is 4.19.